The Morgan fingerprint density at radius 2 is 2.39 bits per heavy atom. The number of nitrogen functional groups attached to an aromatic ring is 1. The highest BCUT2D eigenvalue weighted by Gasteiger charge is 2.12. The van der Waals surface area contributed by atoms with Gasteiger partial charge >= 0.3 is 5.97 Å². The molecule has 10 heteroatoms. The molecule has 18 heavy (non-hydrogen) atoms. The van der Waals surface area contributed by atoms with Crippen molar-refractivity contribution in [2.45, 2.75) is 18.1 Å². The number of carboxylic acids is 1. The number of thioether (sulfide) groups is 1. The van der Waals surface area contributed by atoms with Crippen LogP contribution < -0.4 is 5.73 Å². The Morgan fingerprint density at radius 1 is 1.56 bits per heavy atom. The fourth-order valence-corrected chi connectivity index (χ4v) is 1.95. The molecule has 9 nitrogen and oxygen atoms in total. The number of hydrogen-bond acceptors (Lipinski definition) is 8. The Hall–Kier alpha value is -2.10. The van der Waals surface area contributed by atoms with Crippen LogP contribution in [0.2, 0.25) is 0 Å². The lowest BCUT2D eigenvalue weighted by Crippen LogP contribution is -2.08. The maximum absolute atomic E-state index is 10.5. The normalized spacial score (nSPS) is 10.7. The first-order valence-electron chi connectivity index (χ1n) is 4.95. The maximum Gasteiger partial charge on any atom is 0.313 e. The van der Waals surface area contributed by atoms with Gasteiger partial charge in [-0.25, -0.2) is 0 Å². The molecule has 3 N–H and O–H groups in total. The molecular formula is C8H10N6O3S. The summed E-state index contributed by atoms with van der Waals surface area (Å²) >= 11 is 1.06. The highest BCUT2D eigenvalue weighted by atomic mass is 32.2. The highest BCUT2D eigenvalue weighted by Crippen LogP contribution is 2.18. The molecule has 0 unspecified atom stereocenters. The van der Waals surface area contributed by atoms with Crippen molar-refractivity contribution in [2.24, 2.45) is 0 Å². The van der Waals surface area contributed by atoms with Crippen molar-refractivity contribution in [3.05, 3.63) is 12.2 Å². The van der Waals surface area contributed by atoms with Gasteiger partial charge in [0, 0.05) is 13.0 Å². The molecule has 0 aliphatic carbocycles. The van der Waals surface area contributed by atoms with Crippen molar-refractivity contribution in [3.63, 3.8) is 0 Å². The molecule has 0 aliphatic rings. The number of aromatic nitrogens is 5. The third kappa shape index (κ3) is 2.97. The number of aliphatic carboxylic acids is 1. The van der Waals surface area contributed by atoms with E-state index in [2.05, 4.69) is 20.3 Å². The van der Waals surface area contributed by atoms with Gasteiger partial charge in [-0.2, -0.15) is 4.98 Å². The van der Waals surface area contributed by atoms with Crippen LogP contribution in [0.1, 0.15) is 5.89 Å². The van der Waals surface area contributed by atoms with E-state index in [1.165, 1.54) is 6.33 Å². The fraction of sp³-hybridized carbons (Fsp3) is 0.375. The van der Waals surface area contributed by atoms with Gasteiger partial charge in [-0.3, -0.25) is 9.36 Å². The first kappa shape index (κ1) is 12.4. The molecule has 0 radical (unpaired) electrons. The summed E-state index contributed by atoms with van der Waals surface area (Å²) in [5.41, 5.74) is 5.65. The molecule has 2 aromatic heterocycles. The fourth-order valence-electron chi connectivity index (χ4n) is 1.26. The number of carboxylic acid groups (broad SMARTS) is 1. The Kier molecular flexibility index (Phi) is 3.77. The lowest BCUT2D eigenvalue weighted by molar-refractivity contribution is -0.133. The number of aryl methyl sites for hydroxylation is 1. The van der Waals surface area contributed by atoms with Crippen molar-refractivity contribution in [3.8, 4) is 0 Å². The molecule has 2 rings (SSSR count). The second-order valence-electron chi connectivity index (χ2n) is 3.26. The first-order valence-corrected chi connectivity index (χ1v) is 5.94. The van der Waals surface area contributed by atoms with E-state index >= 15 is 0 Å². The minimum absolute atomic E-state index is 0.0985. The number of carbonyl (C=O) groups is 1. The van der Waals surface area contributed by atoms with Gasteiger partial charge in [0.25, 0.3) is 0 Å². The van der Waals surface area contributed by atoms with Crippen LogP contribution in [0.4, 0.5) is 5.95 Å². The third-order valence-corrected chi connectivity index (χ3v) is 2.98. The molecule has 0 amide bonds. The average Bonchev–Trinajstić information content (AvgIpc) is 2.94. The van der Waals surface area contributed by atoms with Crippen LogP contribution in [0.25, 0.3) is 0 Å². The van der Waals surface area contributed by atoms with Crippen LogP contribution >= 0.6 is 11.8 Å². The lowest BCUT2D eigenvalue weighted by Gasteiger charge is -2.04. The molecule has 0 spiro atoms. The van der Waals surface area contributed by atoms with E-state index in [4.69, 9.17) is 15.4 Å². The van der Waals surface area contributed by atoms with E-state index in [1.807, 2.05) is 0 Å². The molecule has 0 aromatic carbocycles. The molecule has 0 fully saturated rings. The molecule has 0 atom stereocenters. The van der Waals surface area contributed by atoms with Crippen molar-refractivity contribution < 1.29 is 14.4 Å². The van der Waals surface area contributed by atoms with Gasteiger partial charge in [-0.1, -0.05) is 16.9 Å². The molecule has 2 heterocycles. The van der Waals surface area contributed by atoms with E-state index in [0.29, 0.717) is 24.0 Å². The smallest absolute Gasteiger partial charge is 0.313 e. The van der Waals surface area contributed by atoms with E-state index in [9.17, 15) is 4.79 Å². The Bertz CT molecular complexity index is 525. The summed E-state index contributed by atoms with van der Waals surface area (Å²) in [5.74, 6) is -0.330. The standard InChI is InChI=1S/C8H10N6O3S/c9-7-12-13-8(18-3-6(15)16)14(7)2-1-5-10-4-11-17-5/h4H,1-3H2,(H2,9,12)(H,15,16). The third-order valence-electron chi connectivity index (χ3n) is 2.03. The zero-order valence-corrected chi connectivity index (χ0v) is 10.0. The molecule has 2 aromatic rings. The van der Waals surface area contributed by atoms with E-state index < -0.39 is 5.97 Å². The zero-order chi connectivity index (χ0) is 13.0. The number of anilines is 1. The summed E-state index contributed by atoms with van der Waals surface area (Å²) in [6.45, 7) is 0.447. The maximum atomic E-state index is 10.5. The Labute approximate surface area is 105 Å². The van der Waals surface area contributed by atoms with Crippen LogP contribution in [0, 0.1) is 0 Å². The van der Waals surface area contributed by atoms with Gasteiger partial charge in [0.1, 0.15) is 0 Å². The van der Waals surface area contributed by atoms with E-state index in [0.717, 1.165) is 11.8 Å². The van der Waals surface area contributed by atoms with Crippen molar-refractivity contribution in [1.29, 1.82) is 0 Å². The molecular weight excluding hydrogens is 260 g/mol. The molecule has 0 saturated heterocycles. The van der Waals surface area contributed by atoms with Crippen LogP contribution in [0.3, 0.4) is 0 Å². The molecule has 0 saturated carbocycles. The number of nitrogens with two attached hydrogens (primary N) is 1. The first-order chi connectivity index (χ1) is 8.66. The number of rotatable bonds is 6. The number of hydrogen-bond donors (Lipinski definition) is 2. The average molecular weight is 270 g/mol. The highest BCUT2D eigenvalue weighted by molar-refractivity contribution is 7.99. The van der Waals surface area contributed by atoms with Gasteiger partial charge in [0.2, 0.25) is 11.8 Å². The van der Waals surface area contributed by atoms with Gasteiger partial charge in [-0.05, 0) is 0 Å². The van der Waals surface area contributed by atoms with Crippen LogP contribution in [-0.2, 0) is 17.8 Å². The summed E-state index contributed by atoms with van der Waals surface area (Å²) in [6, 6.07) is 0. The van der Waals surface area contributed by atoms with Gasteiger partial charge in [0.05, 0.1) is 5.75 Å². The molecule has 0 aliphatic heterocycles. The van der Waals surface area contributed by atoms with Crippen LogP contribution in [-0.4, -0.2) is 41.7 Å². The summed E-state index contributed by atoms with van der Waals surface area (Å²) in [4.78, 5) is 14.4. The second-order valence-corrected chi connectivity index (χ2v) is 4.20. The van der Waals surface area contributed by atoms with Crippen molar-refractivity contribution in [2.75, 3.05) is 11.5 Å². The monoisotopic (exact) mass is 270 g/mol. The summed E-state index contributed by atoms with van der Waals surface area (Å²) in [7, 11) is 0. The largest absolute Gasteiger partial charge is 0.481 e. The molecule has 0 bridgehead atoms. The van der Waals surface area contributed by atoms with Crippen molar-refractivity contribution >= 4 is 23.7 Å². The topological polar surface area (TPSA) is 133 Å². The zero-order valence-electron chi connectivity index (χ0n) is 9.18. The minimum atomic E-state index is -0.926. The van der Waals surface area contributed by atoms with Gasteiger partial charge in [0.15, 0.2) is 11.5 Å². The van der Waals surface area contributed by atoms with Crippen LogP contribution in [0.5, 0.6) is 0 Å². The van der Waals surface area contributed by atoms with Crippen LogP contribution in [0.15, 0.2) is 16.0 Å². The lowest BCUT2D eigenvalue weighted by atomic mass is 10.4. The van der Waals surface area contributed by atoms with Gasteiger partial charge in [-0.15, -0.1) is 10.2 Å². The predicted molar refractivity (Wildman–Crippen MR) is 60.8 cm³/mol. The minimum Gasteiger partial charge on any atom is -0.481 e. The second kappa shape index (κ2) is 5.49. The summed E-state index contributed by atoms with van der Waals surface area (Å²) in [5, 5.41) is 20.1. The Balaban J connectivity index is 2.02. The summed E-state index contributed by atoms with van der Waals surface area (Å²) < 4.78 is 6.46. The quantitative estimate of drug-likeness (QED) is 0.676. The van der Waals surface area contributed by atoms with E-state index in [1.54, 1.807) is 4.57 Å². The Morgan fingerprint density at radius 3 is 3.06 bits per heavy atom. The molecule has 96 valence electrons. The van der Waals surface area contributed by atoms with Gasteiger partial charge < -0.3 is 15.4 Å². The SMILES string of the molecule is Nc1nnc(SCC(=O)O)n1CCc1ncno1. The van der Waals surface area contributed by atoms with Crippen molar-refractivity contribution in [1.82, 2.24) is 24.9 Å². The summed E-state index contributed by atoms with van der Waals surface area (Å²) in [6.07, 6.45) is 1.79. The number of nitrogens with zero attached hydrogens (tertiary/aromatic N) is 5. The predicted octanol–water partition coefficient (Wildman–Crippen LogP) is -0.337. The van der Waals surface area contributed by atoms with E-state index in [-0.39, 0.29) is 11.7 Å².